The van der Waals surface area contributed by atoms with Crippen LogP contribution in [0.25, 0.3) is 0 Å². The van der Waals surface area contributed by atoms with Crippen LogP contribution in [0.15, 0.2) is 12.3 Å². The molecule has 0 radical (unpaired) electrons. The average molecular weight is 280 g/mol. The molecule has 20 heavy (non-hydrogen) atoms. The van der Waals surface area contributed by atoms with E-state index >= 15 is 0 Å². The van der Waals surface area contributed by atoms with Crippen molar-refractivity contribution in [2.45, 2.75) is 19.6 Å². The van der Waals surface area contributed by atoms with Crippen molar-refractivity contribution < 1.29 is 19.4 Å². The molecular formula is C12H16N4O4. The van der Waals surface area contributed by atoms with Crippen molar-refractivity contribution in [1.29, 1.82) is 0 Å². The lowest BCUT2D eigenvalue weighted by molar-refractivity contribution is -0.154. The standard InChI is InChI=1S/C12H16N4O4/c1-8-13-3-2-9(15-8)6-14-12(19)16-4-5-20-10(7-16)11(17)18/h2-3,10H,4-7H2,1H3,(H,14,19)(H,17,18). The molecule has 2 amide bonds. The first kappa shape index (κ1) is 14.2. The summed E-state index contributed by atoms with van der Waals surface area (Å²) in [7, 11) is 0. The summed E-state index contributed by atoms with van der Waals surface area (Å²) in [6.07, 6.45) is 0.662. The minimum atomic E-state index is -1.06. The van der Waals surface area contributed by atoms with Gasteiger partial charge >= 0.3 is 12.0 Å². The van der Waals surface area contributed by atoms with E-state index in [0.717, 1.165) is 0 Å². The number of nitrogens with one attached hydrogen (secondary N) is 1. The van der Waals surface area contributed by atoms with Crippen molar-refractivity contribution in [2.24, 2.45) is 0 Å². The Kier molecular flexibility index (Phi) is 4.46. The number of carboxylic acid groups (broad SMARTS) is 1. The molecule has 1 unspecified atom stereocenters. The third-order valence-electron chi connectivity index (χ3n) is 2.88. The van der Waals surface area contributed by atoms with Gasteiger partial charge in [0.2, 0.25) is 0 Å². The molecule has 1 atom stereocenters. The first-order valence-electron chi connectivity index (χ1n) is 6.22. The monoisotopic (exact) mass is 280 g/mol. The highest BCUT2D eigenvalue weighted by molar-refractivity contribution is 5.77. The zero-order chi connectivity index (χ0) is 14.5. The molecule has 1 aliphatic rings. The first-order chi connectivity index (χ1) is 9.56. The third-order valence-corrected chi connectivity index (χ3v) is 2.88. The number of aromatic nitrogens is 2. The number of urea groups is 1. The molecule has 1 aliphatic heterocycles. The van der Waals surface area contributed by atoms with Gasteiger partial charge in [0, 0.05) is 12.7 Å². The molecule has 0 aliphatic carbocycles. The Morgan fingerprint density at radius 2 is 2.40 bits per heavy atom. The summed E-state index contributed by atoms with van der Waals surface area (Å²) in [6, 6.07) is 1.39. The van der Waals surface area contributed by atoms with E-state index in [4.69, 9.17) is 9.84 Å². The maximum Gasteiger partial charge on any atom is 0.334 e. The largest absolute Gasteiger partial charge is 0.479 e. The quantitative estimate of drug-likeness (QED) is 0.793. The molecule has 1 aromatic rings. The number of nitrogens with zero attached hydrogens (tertiary/aromatic N) is 3. The summed E-state index contributed by atoms with van der Waals surface area (Å²) in [5.41, 5.74) is 0.703. The number of carbonyl (C=O) groups is 2. The molecule has 2 rings (SSSR count). The van der Waals surface area contributed by atoms with Crippen LogP contribution in [-0.2, 0) is 16.1 Å². The molecule has 1 saturated heterocycles. The van der Waals surface area contributed by atoms with E-state index in [9.17, 15) is 9.59 Å². The number of amides is 2. The lowest BCUT2D eigenvalue weighted by atomic mass is 10.3. The molecule has 1 fully saturated rings. The molecule has 2 N–H and O–H groups in total. The first-order valence-corrected chi connectivity index (χ1v) is 6.22. The second-order valence-electron chi connectivity index (χ2n) is 4.40. The Balaban J connectivity index is 1.87. The molecule has 1 aromatic heterocycles. The van der Waals surface area contributed by atoms with Gasteiger partial charge in [0.05, 0.1) is 25.4 Å². The maximum absolute atomic E-state index is 11.9. The van der Waals surface area contributed by atoms with Gasteiger partial charge < -0.3 is 20.1 Å². The van der Waals surface area contributed by atoms with Crippen LogP contribution >= 0.6 is 0 Å². The van der Waals surface area contributed by atoms with Crippen LogP contribution in [-0.4, -0.2) is 57.8 Å². The fourth-order valence-electron chi connectivity index (χ4n) is 1.86. The van der Waals surface area contributed by atoms with Crippen molar-refractivity contribution >= 4 is 12.0 Å². The molecule has 108 valence electrons. The number of carbonyl (C=O) groups excluding carboxylic acids is 1. The summed E-state index contributed by atoms with van der Waals surface area (Å²) >= 11 is 0. The van der Waals surface area contributed by atoms with Crippen molar-refractivity contribution in [1.82, 2.24) is 20.2 Å². The predicted molar refractivity (Wildman–Crippen MR) is 68.0 cm³/mol. The molecule has 8 heteroatoms. The minimum Gasteiger partial charge on any atom is -0.479 e. The van der Waals surface area contributed by atoms with E-state index in [1.807, 2.05) is 0 Å². The lowest BCUT2D eigenvalue weighted by Gasteiger charge is -2.30. The SMILES string of the molecule is Cc1nccc(CNC(=O)N2CCOC(C(=O)O)C2)n1. The Bertz CT molecular complexity index is 508. The fraction of sp³-hybridized carbons (Fsp3) is 0.500. The van der Waals surface area contributed by atoms with Gasteiger partial charge in [0.25, 0.3) is 0 Å². The van der Waals surface area contributed by atoms with Gasteiger partial charge in [0.15, 0.2) is 6.10 Å². The summed E-state index contributed by atoms with van der Waals surface area (Å²) in [5.74, 6) is -0.428. The molecule has 0 spiro atoms. The van der Waals surface area contributed by atoms with Crippen LogP contribution in [0.2, 0.25) is 0 Å². The number of ether oxygens (including phenoxy) is 1. The van der Waals surface area contributed by atoms with Crippen LogP contribution in [0.3, 0.4) is 0 Å². The molecule has 0 saturated carbocycles. The van der Waals surface area contributed by atoms with Gasteiger partial charge in [-0.1, -0.05) is 0 Å². The zero-order valence-electron chi connectivity index (χ0n) is 11.1. The second-order valence-corrected chi connectivity index (χ2v) is 4.40. The Morgan fingerprint density at radius 1 is 1.60 bits per heavy atom. The van der Waals surface area contributed by atoms with E-state index < -0.39 is 12.1 Å². The number of carboxylic acids is 1. The van der Waals surface area contributed by atoms with Crippen LogP contribution < -0.4 is 5.32 Å². The topological polar surface area (TPSA) is 105 Å². The Morgan fingerprint density at radius 3 is 3.10 bits per heavy atom. The average Bonchev–Trinajstić information content (AvgIpc) is 2.45. The van der Waals surface area contributed by atoms with Gasteiger partial charge in [-0.3, -0.25) is 0 Å². The highest BCUT2D eigenvalue weighted by Gasteiger charge is 2.28. The highest BCUT2D eigenvalue weighted by Crippen LogP contribution is 2.06. The number of morpholine rings is 1. The van der Waals surface area contributed by atoms with Crippen LogP contribution in [0.4, 0.5) is 4.79 Å². The predicted octanol–water partition coefficient (Wildman–Crippen LogP) is -0.220. The number of rotatable bonds is 3. The Labute approximate surface area is 115 Å². The van der Waals surface area contributed by atoms with Gasteiger partial charge in [-0.05, 0) is 13.0 Å². The normalized spacial score (nSPS) is 18.6. The molecule has 0 aromatic carbocycles. The second kappa shape index (κ2) is 6.29. The van der Waals surface area contributed by atoms with E-state index in [-0.39, 0.29) is 25.7 Å². The van der Waals surface area contributed by atoms with Gasteiger partial charge in [-0.15, -0.1) is 0 Å². The summed E-state index contributed by atoms with van der Waals surface area (Å²) in [5, 5.41) is 11.6. The number of aryl methyl sites for hydroxylation is 1. The van der Waals surface area contributed by atoms with E-state index in [2.05, 4.69) is 15.3 Å². The van der Waals surface area contributed by atoms with Gasteiger partial charge in [-0.2, -0.15) is 0 Å². The summed E-state index contributed by atoms with van der Waals surface area (Å²) in [4.78, 5) is 32.4. The van der Waals surface area contributed by atoms with Crippen LogP contribution in [0.5, 0.6) is 0 Å². The minimum absolute atomic E-state index is 0.0456. The molecule has 0 bridgehead atoms. The highest BCUT2D eigenvalue weighted by atomic mass is 16.5. The van der Waals surface area contributed by atoms with E-state index in [1.165, 1.54) is 4.90 Å². The van der Waals surface area contributed by atoms with Crippen molar-refractivity contribution in [3.8, 4) is 0 Å². The van der Waals surface area contributed by atoms with Crippen molar-refractivity contribution in [2.75, 3.05) is 19.7 Å². The van der Waals surface area contributed by atoms with E-state index in [1.54, 1.807) is 19.2 Å². The lowest BCUT2D eigenvalue weighted by Crippen LogP contribution is -2.51. The smallest absolute Gasteiger partial charge is 0.334 e. The number of hydrogen-bond donors (Lipinski definition) is 2. The number of aliphatic carboxylic acids is 1. The maximum atomic E-state index is 11.9. The molecule has 8 nitrogen and oxygen atoms in total. The van der Waals surface area contributed by atoms with Gasteiger partial charge in [0.1, 0.15) is 5.82 Å². The number of hydrogen-bond acceptors (Lipinski definition) is 5. The van der Waals surface area contributed by atoms with Crippen molar-refractivity contribution in [3.63, 3.8) is 0 Å². The third kappa shape index (κ3) is 3.64. The summed E-state index contributed by atoms with van der Waals surface area (Å²) < 4.78 is 5.06. The summed E-state index contributed by atoms with van der Waals surface area (Å²) in [6.45, 7) is 2.68. The fourth-order valence-corrected chi connectivity index (χ4v) is 1.86. The molecular weight excluding hydrogens is 264 g/mol. The Hall–Kier alpha value is -2.22. The molecule has 2 heterocycles. The van der Waals surface area contributed by atoms with Gasteiger partial charge in [-0.25, -0.2) is 19.6 Å². The van der Waals surface area contributed by atoms with Crippen LogP contribution in [0.1, 0.15) is 11.5 Å². The zero-order valence-corrected chi connectivity index (χ0v) is 11.1. The van der Waals surface area contributed by atoms with E-state index in [0.29, 0.717) is 18.1 Å². The van der Waals surface area contributed by atoms with Crippen LogP contribution in [0, 0.1) is 6.92 Å². The van der Waals surface area contributed by atoms with Crippen molar-refractivity contribution in [3.05, 3.63) is 23.8 Å².